The Morgan fingerprint density at radius 1 is 0.268 bits per heavy atom. The quantitative estimate of drug-likeness (QED) is 0.170. The van der Waals surface area contributed by atoms with Crippen molar-refractivity contribution in [3.8, 4) is 67.5 Å². The second kappa shape index (κ2) is 13.5. The number of hydrogen-bond donors (Lipinski definition) is 0. The van der Waals surface area contributed by atoms with E-state index in [1.54, 1.807) is 0 Å². The number of benzene rings is 8. The summed E-state index contributed by atoms with van der Waals surface area (Å²) >= 11 is 3.69. The van der Waals surface area contributed by atoms with E-state index in [-0.39, 0.29) is 0 Å². The predicted octanol–water partition coefficient (Wildman–Crippen LogP) is 14.6. The summed E-state index contributed by atoms with van der Waals surface area (Å²) in [4.78, 5) is 15.2. The Morgan fingerprint density at radius 3 is 1.55 bits per heavy atom. The largest absolute Gasteiger partial charge is 0.208 e. The molecule has 8 aromatic carbocycles. The van der Waals surface area contributed by atoms with Crippen LogP contribution in [0.5, 0.6) is 0 Å². The van der Waals surface area contributed by atoms with Gasteiger partial charge in [-0.15, -0.1) is 22.7 Å². The minimum atomic E-state index is 0.649. The van der Waals surface area contributed by atoms with Gasteiger partial charge in [-0.3, -0.25) is 0 Å². The average Bonchev–Trinajstić information content (AvgIpc) is 3.85. The fraction of sp³-hybridized carbons (Fsp3) is 0. The van der Waals surface area contributed by atoms with E-state index < -0.39 is 0 Å². The molecule has 0 spiro atoms. The summed E-state index contributed by atoms with van der Waals surface area (Å²) in [6.07, 6.45) is 0. The number of rotatable bonds is 6. The van der Waals surface area contributed by atoms with Crippen molar-refractivity contribution in [1.82, 2.24) is 15.0 Å². The second-order valence-corrected chi connectivity index (χ2v) is 16.1. The molecule has 0 saturated heterocycles. The summed E-state index contributed by atoms with van der Waals surface area (Å²) in [5.74, 6) is 1.96. The van der Waals surface area contributed by atoms with Crippen LogP contribution in [-0.4, -0.2) is 15.0 Å². The highest BCUT2D eigenvalue weighted by Gasteiger charge is 2.19. The monoisotopic (exact) mass is 749 g/mol. The highest BCUT2D eigenvalue weighted by molar-refractivity contribution is 7.26. The van der Waals surface area contributed by atoms with Crippen molar-refractivity contribution in [2.75, 3.05) is 0 Å². The lowest BCUT2D eigenvalue weighted by Gasteiger charge is -2.11. The number of aromatic nitrogens is 3. The van der Waals surface area contributed by atoms with Gasteiger partial charge in [-0.25, -0.2) is 15.0 Å². The minimum Gasteiger partial charge on any atom is -0.208 e. The average molecular weight is 750 g/mol. The first-order chi connectivity index (χ1) is 27.7. The zero-order valence-corrected chi connectivity index (χ0v) is 31.7. The third kappa shape index (κ3) is 5.68. The lowest BCUT2D eigenvalue weighted by molar-refractivity contribution is 1.07. The van der Waals surface area contributed by atoms with Crippen molar-refractivity contribution >= 4 is 63.0 Å². The van der Waals surface area contributed by atoms with Crippen molar-refractivity contribution in [3.63, 3.8) is 0 Å². The number of fused-ring (bicyclic) bond motifs is 6. The van der Waals surface area contributed by atoms with Gasteiger partial charge >= 0.3 is 0 Å². The Morgan fingerprint density at radius 2 is 0.786 bits per heavy atom. The molecule has 0 atom stereocenters. The predicted molar refractivity (Wildman–Crippen MR) is 238 cm³/mol. The molecule has 11 rings (SSSR count). The van der Waals surface area contributed by atoms with Crippen LogP contribution < -0.4 is 0 Å². The van der Waals surface area contributed by atoms with Crippen LogP contribution >= 0.6 is 22.7 Å². The normalized spacial score (nSPS) is 11.6. The van der Waals surface area contributed by atoms with E-state index in [9.17, 15) is 0 Å². The highest BCUT2D eigenvalue weighted by Crippen LogP contribution is 2.46. The Labute approximate surface area is 331 Å². The van der Waals surface area contributed by atoms with E-state index >= 15 is 0 Å². The van der Waals surface area contributed by atoms with Crippen LogP contribution in [0.4, 0.5) is 0 Å². The third-order valence-corrected chi connectivity index (χ3v) is 12.8. The van der Waals surface area contributed by atoms with E-state index in [0.717, 1.165) is 27.8 Å². The molecule has 3 nitrogen and oxygen atoms in total. The fourth-order valence-electron chi connectivity index (χ4n) is 7.88. The zero-order valence-electron chi connectivity index (χ0n) is 30.1. The molecule has 56 heavy (non-hydrogen) atoms. The summed E-state index contributed by atoms with van der Waals surface area (Å²) in [6.45, 7) is 0. The lowest BCUT2D eigenvalue weighted by Crippen LogP contribution is -2.00. The Kier molecular flexibility index (Phi) is 7.87. The molecule has 0 saturated carbocycles. The van der Waals surface area contributed by atoms with Gasteiger partial charge in [0, 0.05) is 57.0 Å². The summed E-state index contributed by atoms with van der Waals surface area (Å²) in [7, 11) is 0. The first-order valence-corrected chi connectivity index (χ1v) is 20.3. The second-order valence-electron chi connectivity index (χ2n) is 14.0. The molecule has 0 aliphatic rings. The molecule has 0 radical (unpaired) electrons. The maximum Gasteiger partial charge on any atom is 0.164 e. The Balaban J connectivity index is 1.07. The van der Waals surface area contributed by atoms with Crippen molar-refractivity contribution in [2.24, 2.45) is 0 Å². The molecule has 5 heteroatoms. The van der Waals surface area contributed by atoms with Crippen LogP contribution in [0.2, 0.25) is 0 Å². The SMILES string of the molecule is c1ccc(-c2cccc(-c3nc(-c4ccccc4)nc(-c4ccc5c(c4)sc4cccc(-c6cc(-c7ccccc7)c7c(c6)sc6ccccc67)c45)n3)c2)cc1. The fourth-order valence-corrected chi connectivity index (χ4v) is 10.2. The number of thiophene rings is 2. The molecule has 0 N–H and O–H groups in total. The van der Waals surface area contributed by atoms with Crippen molar-refractivity contribution in [3.05, 3.63) is 188 Å². The van der Waals surface area contributed by atoms with Crippen LogP contribution in [0.3, 0.4) is 0 Å². The molecular weight excluding hydrogens is 719 g/mol. The van der Waals surface area contributed by atoms with Crippen molar-refractivity contribution in [1.29, 1.82) is 0 Å². The third-order valence-electron chi connectivity index (χ3n) is 10.5. The van der Waals surface area contributed by atoms with Gasteiger partial charge in [0.25, 0.3) is 0 Å². The molecule has 0 aliphatic heterocycles. The maximum absolute atomic E-state index is 5.13. The van der Waals surface area contributed by atoms with Gasteiger partial charge in [0.15, 0.2) is 17.5 Å². The smallest absolute Gasteiger partial charge is 0.164 e. The van der Waals surface area contributed by atoms with Crippen LogP contribution in [0, 0.1) is 0 Å². The van der Waals surface area contributed by atoms with Gasteiger partial charge in [-0.2, -0.15) is 0 Å². The van der Waals surface area contributed by atoms with Gasteiger partial charge in [-0.1, -0.05) is 152 Å². The molecule has 11 aromatic rings. The molecule has 0 unspecified atom stereocenters. The minimum absolute atomic E-state index is 0.649. The molecule has 0 amide bonds. The number of nitrogens with zero attached hydrogens (tertiary/aromatic N) is 3. The van der Waals surface area contributed by atoms with Crippen LogP contribution in [-0.2, 0) is 0 Å². The topological polar surface area (TPSA) is 38.7 Å². The van der Waals surface area contributed by atoms with E-state index in [1.807, 2.05) is 46.9 Å². The number of hydrogen-bond acceptors (Lipinski definition) is 5. The van der Waals surface area contributed by atoms with Crippen molar-refractivity contribution in [2.45, 2.75) is 0 Å². The summed E-state index contributed by atoms with van der Waals surface area (Å²) < 4.78 is 5.07. The molecule has 0 fully saturated rings. The highest BCUT2D eigenvalue weighted by atomic mass is 32.1. The molecule has 262 valence electrons. The molecule has 0 bridgehead atoms. The first kappa shape index (κ1) is 32.6. The standard InChI is InChI=1S/C51H31N3S2/c1-4-14-32(15-5-1)35-20-12-21-36(28-35)50-52-49(34-18-8-3-9-19-34)53-51(54-50)37-26-27-41-45(30-37)56-44-25-13-23-39(47(41)44)38-29-42(33-16-6-2-7-17-33)48-40-22-10-11-24-43(40)55-46(48)31-38/h1-31H. The molecule has 0 aliphatic carbocycles. The van der Waals surface area contributed by atoms with E-state index in [4.69, 9.17) is 15.0 Å². The Bertz CT molecular complexity index is 3240. The lowest BCUT2D eigenvalue weighted by atomic mass is 9.93. The first-order valence-electron chi connectivity index (χ1n) is 18.7. The van der Waals surface area contributed by atoms with Crippen LogP contribution in [0.1, 0.15) is 0 Å². The maximum atomic E-state index is 5.13. The van der Waals surface area contributed by atoms with Gasteiger partial charge in [0.1, 0.15) is 0 Å². The van der Waals surface area contributed by atoms with Crippen LogP contribution in [0.15, 0.2) is 188 Å². The van der Waals surface area contributed by atoms with E-state index in [0.29, 0.717) is 17.5 Å². The summed E-state index contributed by atoms with van der Waals surface area (Å²) in [5.41, 5.74) is 10.1. The molecule has 3 aromatic heterocycles. The van der Waals surface area contributed by atoms with Crippen molar-refractivity contribution < 1.29 is 0 Å². The molecule has 3 heterocycles. The zero-order chi connectivity index (χ0) is 37.0. The molecular formula is C51H31N3S2. The summed E-state index contributed by atoms with van der Waals surface area (Å²) in [5, 5.41) is 5.14. The van der Waals surface area contributed by atoms with Gasteiger partial charge in [-0.05, 0) is 69.8 Å². The van der Waals surface area contributed by atoms with Gasteiger partial charge in [0.05, 0.1) is 0 Å². The van der Waals surface area contributed by atoms with E-state index in [2.05, 4.69) is 164 Å². The van der Waals surface area contributed by atoms with Gasteiger partial charge < -0.3 is 0 Å². The summed E-state index contributed by atoms with van der Waals surface area (Å²) in [6, 6.07) is 66.8. The van der Waals surface area contributed by atoms with Gasteiger partial charge in [0.2, 0.25) is 0 Å². The van der Waals surface area contributed by atoms with Crippen LogP contribution in [0.25, 0.3) is 108 Å². The Hall–Kier alpha value is -6.79. The van der Waals surface area contributed by atoms with E-state index in [1.165, 1.54) is 62.6 Å².